The SMILES string of the molecule is Oc1cccc(C[C@H](c2ccccc2)N2CCC(C3CCCCC3)CC2)c1. The molecule has 27 heavy (non-hydrogen) atoms. The number of benzene rings is 2. The van der Waals surface area contributed by atoms with E-state index in [1.165, 1.54) is 69.2 Å². The highest BCUT2D eigenvalue weighted by Gasteiger charge is 2.30. The van der Waals surface area contributed by atoms with E-state index in [1.807, 2.05) is 12.1 Å². The second-order valence-corrected chi connectivity index (χ2v) is 8.57. The minimum absolute atomic E-state index is 0.371. The Hall–Kier alpha value is -1.80. The molecule has 0 spiro atoms. The van der Waals surface area contributed by atoms with E-state index >= 15 is 0 Å². The fourth-order valence-corrected chi connectivity index (χ4v) is 5.35. The average Bonchev–Trinajstić information content (AvgIpc) is 2.74. The van der Waals surface area contributed by atoms with Crippen LogP contribution in [-0.4, -0.2) is 23.1 Å². The Morgan fingerprint density at radius 2 is 1.52 bits per heavy atom. The number of rotatable bonds is 5. The van der Waals surface area contributed by atoms with E-state index in [0.29, 0.717) is 11.8 Å². The van der Waals surface area contributed by atoms with Crippen molar-refractivity contribution in [2.24, 2.45) is 11.8 Å². The monoisotopic (exact) mass is 363 g/mol. The fraction of sp³-hybridized carbons (Fsp3) is 0.520. The molecule has 0 unspecified atom stereocenters. The van der Waals surface area contributed by atoms with Gasteiger partial charge in [0, 0.05) is 6.04 Å². The van der Waals surface area contributed by atoms with Crippen LogP contribution in [0, 0.1) is 11.8 Å². The maximum absolute atomic E-state index is 9.87. The summed E-state index contributed by atoms with van der Waals surface area (Å²) in [6, 6.07) is 19.1. The number of phenolic OH excluding ortho intramolecular Hbond substituents is 1. The minimum atomic E-state index is 0.371. The molecule has 1 aliphatic carbocycles. The molecule has 0 aromatic heterocycles. The van der Waals surface area contributed by atoms with E-state index in [2.05, 4.69) is 41.3 Å². The summed E-state index contributed by atoms with van der Waals surface area (Å²) in [7, 11) is 0. The van der Waals surface area contributed by atoms with Crippen LogP contribution < -0.4 is 0 Å². The van der Waals surface area contributed by atoms with Crippen LogP contribution in [-0.2, 0) is 6.42 Å². The molecule has 144 valence electrons. The van der Waals surface area contributed by atoms with Crippen molar-refractivity contribution in [1.29, 1.82) is 0 Å². The van der Waals surface area contributed by atoms with Crippen LogP contribution in [0.25, 0.3) is 0 Å². The average molecular weight is 364 g/mol. The summed E-state index contributed by atoms with van der Waals surface area (Å²) in [5, 5.41) is 9.87. The molecule has 2 fully saturated rings. The number of nitrogens with zero attached hydrogens (tertiary/aromatic N) is 1. The standard InChI is InChI=1S/C25H33NO/c27-24-13-7-8-20(18-24)19-25(23-11-5-2-6-12-23)26-16-14-22(15-17-26)21-9-3-1-4-10-21/h2,5-8,11-13,18,21-22,25,27H,1,3-4,9-10,14-17,19H2/t25-/m1/s1. The maximum atomic E-state index is 9.87. The summed E-state index contributed by atoms with van der Waals surface area (Å²) in [5.74, 6) is 2.30. The van der Waals surface area contributed by atoms with Crippen molar-refractivity contribution in [3.8, 4) is 5.75 Å². The summed E-state index contributed by atoms with van der Waals surface area (Å²) >= 11 is 0. The first-order valence-corrected chi connectivity index (χ1v) is 10.9. The third-order valence-corrected chi connectivity index (χ3v) is 6.86. The van der Waals surface area contributed by atoms with Crippen LogP contribution in [0.4, 0.5) is 0 Å². The van der Waals surface area contributed by atoms with Gasteiger partial charge in [0.05, 0.1) is 0 Å². The molecule has 2 heteroatoms. The summed E-state index contributed by atoms with van der Waals surface area (Å²) in [5.41, 5.74) is 2.62. The van der Waals surface area contributed by atoms with Crippen molar-refractivity contribution in [3.63, 3.8) is 0 Å². The van der Waals surface area contributed by atoms with E-state index in [9.17, 15) is 5.11 Å². The van der Waals surface area contributed by atoms with Crippen LogP contribution in [0.1, 0.15) is 62.1 Å². The molecule has 0 radical (unpaired) electrons. The molecule has 4 rings (SSSR count). The Kier molecular flexibility index (Phi) is 6.14. The van der Waals surface area contributed by atoms with Crippen LogP contribution in [0.15, 0.2) is 54.6 Å². The molecule has 2 aromatic rings. The molecule has 2 aromatic carbocycles. The predicted molar refractivity (Wildman–Crippen MR) is 112 cm³/mol. The summed E-state index contributed by atoms with van der Waals surface area (Å²) < 4.78 is 0. The highest BCUT2D eigenvalue weighted by Crippen LogP contribution is 2.38. The third kappa shape index (κ3) is 4.73. The lowest BCUT2D eigenvalue weighted by atomic mass is 9.75. The van der Waals surface area contributed by atoms with Crippen LogP contribution in [0.2, 0.25) is 0 Å². The van der Waals surface area contributed by atoms with Gasteiger partial charge in [0.15, 0.2) is 0 Å². The number of hydrogen-bond donors (Lipinski definition) is 1. The highest BCUT2D eigenvalue weighted by molar-refractivity contribution is 5.30. The molecule has 0 amide bonds. The molecule has 2 aliphatic rings. The van der Waals surface area contributed by atoms with Gasteiger partial charge in [0.1, 0.15) is 5.75 Å². The quantitative estimate of drug-likeness (QED) is 0.707. The molecular weight excluding hydrogens is 330 g/mol. The van der Waals surface area contributed by atoms with E-state index in [4.69, 9.17) is 0 Å². The second kappa shape index (κ2) is 8.93. The number of piperidine rings is 1. The third-order valence-electron chi connectivity index (χ3n) is 6.86. The van der Waals surface area contributed by atoms with Gasteiger partial charge in [0.2, 0.25) is 0 Å². The van der Waals surface area contributed by atoms with Gasteiger partial charge in [-0.15, -0.1) is 0 Å². The van der Waals surface area contributed by atoms with Gasteiger partial charge in [-0.1, -0.05) is 74.6 Å². The molecule has 2 nitrogen and oxygen atoms in total. The molecule has 1 atom stereocenters. The minimum Gasteiger partial charge on any atom is -0.508 e. The van der Waals surface area contributed by atoms with Gasteiger partial charge in [-0.3, -0.25) is 4.90 Å². The van der Waals surface area contributed by atoms with Gasteiger partial charge < -0.3 is 5.11 Å². The van der Waals surface area contributed by atoms with Crippen molar-refractivity contribution >= 4 is 0 Å². The zero-order valence-electron chi connectivity index (χ0n) is 16.4. The summed E-state index contributed by atoms with van der Waals surface area (Å²) in [4.78, 5) is 2.69. The molecule has 1 saturated carbocycles. The molecular formula is C25H33NO. The van der Waals surface area contributed by atoms with Crippen molar-refractivity contribution in [2.45, 2.75) is 57.4 Å². The van der Waals surface area contributed by atoms with Crippen LogP contribution in [0.3, 0.4) is 0 Å². The molecule has 0 bridgehead atoms. The summed E-state index contributed by atoms with van der Waals surface area (Å²) in [6.45, 7) is 2.42. The largest absolute Gasteiger partial charge is 0.508 e. The first kappa shape index (κ1) is 18.6. The molecule has 1 N–H and O–H groups in total. The Morgan fingerprint density at radius 1 is 0.815 bits per heavy atom. The van der Waals surface area contributed by atoms with Crippen LogP contribution >= 0.6 is 0 Å². The summed E-state index contributed by atoms with van der Waals surface area (Å²) in [6.07, 6.45) is 11.0. The van der Waals surface area contributed by atoms with E-state index in [-0.39, 0.29) is 0 Å². The van der Waals surface area contributed by atoms with Crippen molar-refractivity contribution < 1.29 is 5.11 Å². The maximum Gasteiger partial charge on any atom is 0.115 e. The first-order valence-electron chi connectivity index (χ1n) is 10.9. The van der Waals surface area contributed by atoms with Gasteiger partial charge in [-0.25, -0.2) is 0 Å². The van der Waals surface area contributed by atoms with Gasteiger partial charge in [-0.05, 0) is 67.4 Å². The van der Waals surface area contributed by atoms with Gasteiger partial charge in [-0.2, -0.15) is 0 Å². The number of aromatic hydroxyl groups is 1. The first-order chi connectivity index (χ1) is 13.3. The molecule has 1 aliphatic heterocycles. The van der Waals surface area contributed by atoms with Crippen molar-refractivity contribution in [2.75, 3.05) is 13.1 Å². The Labute approximate surface area is 164 Å². The fourth-order valence-electron chi connectivity index (χ4n) is 5.35. The second-order valence-electron chi connectivity index (χ2n) is 8.57. The highest BCUT2D eigenvalue weighted by atomic mass is 16.3. The zero-order valence-corrected chi connectivity index (χ0v) is 16.4. The normalized spacial score (nSPS) is 21.2. The number of likely N-dealkylation sites (tertiary alicyclic amines) is 1. The smallest absolute Gasteiger partial charge is 0.115 e. The zero-order chi connectivity index (χ0) is 18.5. The van der Waals surface area contributed by atoms with Gasteiger partial charge in [0.25, 0.3) is 0 Å². The number of phenols is 1. The van der Waals surface area contributed by atoms with Gasteiger partial charge >= 0.3 is 0 Å². The Balaban J connectivity index is 1.46. The molecule has 1 saturated heterocycles. The Bertz CT molecular complexity index is 699. The van der Waals surface area contributed by atoms with Crippen molar-refractivity contribution in [1.82, 2.24) is 4.90 Å². The number of hydrogen-bond acceptors (Lipinski definition) is 2. The molecule has 1 heterocycles. The lowest BCUT2D eigenvalue weighted by Crippen LogP contribution is -2.39. The topological polar surface area (TPSA) is 23.5 Å². The van der Waals surface area contributed by atoms with E-state index in [1.54, 1.807) is 6.07 Å². The van der Waals surface area contributed by atoms with Crippen LogP contribution in [0.5, 0.6) is 5.75 Å². The van der Waals surface area contributed by atoms with E-state index in [0.717, 1.165) is 18.3 Å². The lowest BCUT2D eigenvalue weighted by Gasteiger charge is -2.41. The Morgan fingerprint density at radius 3 is 2.22 bits per heavy atom. The van der Waals surface area contributed by atoms with E-state index < -0.39 is 0 Å². The predicted octanol–water partition coefficient (Wildman–Crippen LogP) is 5.97. The lowest BCUT2D eigenvalue weighted by molar-refractivity contribution is 0.0941. The van der Waals surface area contributed by atoms with Crippen molar-refractivity contribution in [3.05, 3.63) is 65.7 Å².